The van der Waals surface area contributed by atoms with Crippen molar-refractivity contribution in [3.63, 3.8) is 0 Å². The van der Waals surface area contributed by atoms with Crippen molar-refractivity contribution >= 4 is 6.09 Å². The molecule has 0 aromatic heterocycles. The van der Waals surface area contributed by atoms with Crippen molar-refractivity contribution in [2.24, 2.45) is 0 Å². The fourth-order valence-corrected chi connectivity index (χ4v) is 3.32. The Morgan fingerprint density at radius 3 is 2.46 bits per heavy atom. The molecule has 0 aliphatic carbocycles. The topological polar surface area (TPSA) is 29.5 Å². The molecule has 1 aliphatic heterocycles. The molecule has 0 N–H and O–H groups in total. The summed E-state index contributed by atoms with van der Waals surface area (Å²) in [6.07, 6.45) is -0.0644. The highest BCUT2D eigenvalue weighted by atomic mass is 19.1. The molecule has 2 aromatic rings. The second-order valence-corrected chi connectivity index (χ2v) is 7.64. The molecule has 0 radical (unpaired) electrons. The summed E-state index contributed by atoms with van der Waals surface area (Å²) >= 11 is 0. The van der Waals surface area contributed by atoms with Gasteiger partial charge in [-0.1, -0.05) is 18.2 Å². The van der Waals surface area contributed by atoms with Crippen LogP contribution in [-0.2, 0) is 17.7 Å². The van der Waals surface area contributed by atoms with Crippen LogP contribution in [0.1, 0.15) is 37.5 Å². The van der Waals surface area contributed by atoms with Crippen LogP contribution in [0.4, 0.5) is 13.6 Å². The molecule has 0 saturated carbocycles. The van der Waals surface area contributed by atoms with E-state index in [1.54, 1.807) is 37.8 Å². The van der Waals surface area contributed by atoms with Gasteiger partial charge >= 0.3 is 6.09 Å². The molecule has 0 saturated heterocycles. The van der Waals surface area contributed by atoms with Crippen molar-refractivity contribution in [3.8, 4) is 11.1 Å². The standard InChI is InChI=1S/C21H23F2NO2/c1-13-6-5-7-18(23)19(13)15-8-9-17(22)14-10-11-24(12-16(14)15)20(25)26-21(2,3)4/h5-9H,10-12H2,1-4H3. The molecule has 26 heavy (non-hydrogen) atoms. The van der Waals surface area contributed by atoms with Crippen LogP contribution < -0.4 is 0 Å². The molecule has 0 bridgehead atoms. The third-order valence-electron chi connectivity index (χ3n) is 4.50. The largest absolute Gasteiger partial charge is 0.444 e. The molecule has 3 rings (SSSR count). The Morgan fingerprint density at radius 1 is 1.08 bits per heavy atom. The number of aryl methyl sites for hydroxylation is 1. The highest BCUT2D eigenvalue weighted by Crippen LogP contribution is 2.35. The summed E-state index contributed by atoms with van der Waals surface area (Å²) < 4.78 is 34.3. The van der Waals surface area contributed by atoms with Crippen molar-refractivity contribution < 1.29 is 18.3 Å². The third-order valence-corrected chi connectivity index (χ3v) is 4.50. The van der Waals surface area contributed by atoms with E-state index in [9.17, 15) is 13.6 Å². The summed E-state index contributed by atoms with van der Waals surface area (Å²) in [7, 11) is 0. The summed E-state index contributed by atoms with van der Waals surface area (Å²) in [5.74, 6) is -0.671. The summed E-state index contributed by atoms with van der Waals surface area (Å²) in [5, 5.41) is 0. The van der Waals surface area contributed by atoms with Gasteiger partial charge in [0.1, 0.15) is 17.2 Å². The zero-order valence-electron chi connectivity index (χ0n) is 15.5. The summed E-state index contributed by atoms with van der Waals surface area (Å²) in [5.41, 5.74) is 2.44. The van der Waals surface area contributed by atoms with E-state index in [-0.39, 0.29) is 18.2 Å². The summed E-state index contributed by atoms with van der Waals surface area (Å²) in [6.45, 7) is 7.80. The van der Waals surface area contributed by atoms with Crippen LogP contribution >= 0.6 is 0 Å². The van der Waals surface area contributed by atoms with Crippen molar-refractivity contribution in [3.05, 3.63) is 58.7 Å². The molecule has 5 heteroatoms. The normalized spacial score (nSPS) is 14.2. The monoisotopic (exact) mass is 359 g/mol. The average molecular weight is 359 g/mol. The Hall–Kier alpha value is -2.43. The van der Waals surface area contributed by atoms with Gasteiger partial charge in [-0.3, -0.25) is 0 Å². The molecule has 0 atom stereocenters. The van der Waals surface area contributed by atoms with Crippen LogP contribution in [0.2, 0.25) is 0 Å². The average Bonchev–Trinajstić information content (AvgIpc) is 2.55. The van der Waals surface area contributed by atoms with Gasteiger partial charge in [-0.2, -0.15) is 0 Å². The van der Waals surface area contributed by atoms with Gasteiger partial charge in [-0.15, -0.1) is 0 Å². The lowest BCUT2D eigenvalue weighted by molar-refractivity contribution is 0.0223. The van der Waals surface area contributed by atoms with Gasteiger partial charge in [0, 0.05) is 18.7 Å². The quantitative estimate of drug-likeness (QED) is 0.697. The molecular weight excluding hydrogens is 336 g/mol. The minimum Gasteiger partial charge on any atom is -0.444 e. The fourth-order valence-electron chi connectivity index (χ4n) is 3.32. The lowest BCUT2D eigenvalue weighted by Crippen LogP contribution is -2.40. The molecule has 138 valence electrons. The van der Waals surface area contributed by atoms with Crippen molar-refractivity contribution in [2.45, 2.75) is 46.3 Å². The number of benzene rings is 2. The predicted octanol–water partition coefficient (Wildman–Crippen LogP) is 5.23. The molecule has 2 aromatic carbocycles. The Morgan fingerprint density at radius 2 is 1.81 bits per heavy atom. The minimum absolute atomic E-state index is 0.200. The van der Waals surface area contributed by atoms with E-state index in [0.717, 1.165) is 5.56 Å². The molecule has 1 aliphatic rings. The zero-order chi connectivity index (χ0) is 19.1. The Balaban J connectivity index is 2.04. The van der Waals surface area contributed by atoms with Gasteiger partial charge in [0.05, 0.1) is 0 Å². The number of rotatable bonds is 1. The maximum atomic E-state index is 14.5. The van der Waals surface area contributed by atoms with E-state index < -0.39 is 11.7 Å². The first-order valence-electron chi connectivity index (χ1n) is 8.71. The van der Waals surface area contributed by atoms with E-state index >= 15 is 0 Å². The molecule has 3 nitrogen and oxygen atoms in total. The maximum Gasteiger partial charge on any atom is 0.410 e. The van der Waals surface area contributed by atoms with Gasteiger partial charge in [0.15, 0.2) is 0 Å². The van der Waals surface area contributed by atoms with Crippen LogP contribution in [-0.4, -0.2) is 23.1 Å². The summed E-state index contributed by atoms with van der Waals surface area (Å²) in [6, 6.07) is 7.84. The zero-order valence-corrected chi connectivity index (χ0v) is 15.5. The van der Waals surface area contributed by atoms with E-state index in [1.807, 2.05) is 13.0 Å². The fraction of sp³-hybridized carbons (Fsp3) is 0.381. The highest BCUT2D eigenvalue weighted by Gasteiger charge is 2.29. The van der Waals surface area contributed by atoms with Crippen molar-refractivity contribution in [2.75, 3.05) is 6.54 Å². The first-order valence-corrected chi connectivity index (χ1v) is 8.71. The van der Waals surface area contributed by atoms with Crippen LogP contribution in [0.25, 0.3) is 11.1 Å². The van der Waals surface area contributed by atoms with E-state index in [0.29, 0.717) is 35.2 Å². The smallest absolute Gasteiger partial charge is 0.410 e. The second kappa shape index (κ2) is 6.71. The highest BCUT2D eigenvalue weighted by molar-refractivity contribution is 5.75. The Kier molecular flexibility index (Phi) is 4.74. The first-order chi connectivity index (χ1) is 12.2. The lowest BCUT2D eigenvalue weighted by Gasteiger charge is -2.32. The number of halogens is 2. The Labute approximate surface area is 152 Å². The molecule has 1 amide bonds. The van der Waals surface area contributed by atoms with Crippen LogP contribution in [0.5, 0.6) is 0 Å². The van der Waals surface area contributed by atoms with E-state index in [2.05, 4.69) is 0 Å². The Bertz CT molecular complexity index is 836. The number of hydrogen-bond donors (Lipinski definition) is 0. The van der Waals surface area contributed by atoms with E-state index in [4.69, 9.17) is 4.74 Å². The van der Waals surface area contributed by atoms with Crippen LogP contribution in [0.15, 0.2) is 30.3 Å². The first kappa shape index (κ1) is 18.4. The minimum atomic E-state index is -0.607. The number of nitrogens with zero attached hydrogens (tertiary/aromatic N) is 1. The second-order valence-electron chi connectivity index (χ2n) is 7.64. The van der Waals surface area contributed by atoms with Crippen LogP contribution in [0.3, 0.4) is 0 Å². The molecule has 1 heterocycles. The molecule has 0 fully saturated rings. The number of carbonyl (C=O) groups excluding carboxylic acids is 1. The number of fused-ring (bicyclic) bond motifs is 1. The third kappa shape index (κ3) is 3.57. The van der Waals surface area contributed by atoms with Crippen molar-refractivity contribution in [1.29, 1.82) is 0 Å². The van der Waals surface area contributed by atoms with Gasteiger partial charge in [-0.05, 0) is 68.5 Å². The number of hydrogen-bond acceptors (Lipinski definition) is 2. The molecule has 0 spiro atoms. The number of ether oxygens (including phenoxy) is 1. The lowest BCUT2D eigenvalue weighted by atomic mass is 9.89. The van der Waals surface area contributed by atoms with Gasteiger partial charge < -0.3 is 9.64 Å². The van der Waals surface area contributed by atoms with Gasteiger partial charge in [-0.25, -0.2) is 13.6 Å². The van der Waals surface area contributed by atoms with Crippen molar-refractivity contribution in [1.82, 2.24) is 4.90 Å². The maximum absolute atomic E-state index is 14.5. The van der Waals surface area contributed by atoms with Crippen LogP contribution in [0, 0.1) is 18.6 Å². The number of amides is 1. The number of carbonyl (C=O) groups is 1. The van der Waals surface area contributed by atoms with Gasteiger partial charge in [0.2, 0.25) is 0 Å². The van der Waals surface area contributed by atoms with E-state index in [1.165, 1.54) is 12.1 Å². The summed E-state index contributed by atoms with van der Waals surface area (Å²) in [4.78, 5) is 14.0. The van der Waals surface area contributed by atoms with Gasteiger partial charge in [0.25, 0.3) is 0 Å². The molecule has 0 unspecified atom stereocenters. The SMILES string of the molecule is Cc1cccc(F)c1-c1ccc(F)c2c1CN(C(=O)OC(C)(C)C)CC2. The predicted molar refractivity (Wildman–Crippen MR) is 96.9 cm³/mol. The molecular formula is C21H23F2NO2.